The minimum Gasteiger partial charge on any atom is -0.465 e. The van der Waals surface area contributed by atoms with E-state index in [1.54, 1.807) is 13.0 Å². The minimum absolute atomic E-state index is 0.237. The molecule has 24 heavy (non-hydrogen) atoms. The molecule has 0 aliphatic carbocycles. The molecule has 0 aliphatic rings. The lowest BCUT2D eigenvalue weighted by atomic mass is 10.1. The van der Waals surface area contributed by atoms with Crippen LogP contribution in [0, 0.1) is 6.92 Å². The molecular weight excluding hydrogens is 310 g/mol. The zero-order valence-electron chi connectivity index (χ0n) is 13.6. The predicted molar refractivity (Wildman–Crippen MR) is 88.3 cm³/mol. The molecule has 7 nitrogen and oxygen atoms in total. The maximum absolute atomic E-state index is 11.9. The van der Waals surface area contributed by atoms with E-state index >= 15 is 0 Å². The summed E-state index contributed by atoms with van der Waals surface area (Å²) in [7, 11) is 0. The Kier molecular flexibility index (Phi) is 5.83. The number of aryl methyl sites for hydroxylation is 1. The number of nitrogens with one attached hydrogen (secondary N) is 1. The molecule has 2 rings (SSSR count). The molecule has 1 aromatic heterocycles. The monoisotopic (exact) mass is 329 g/mol. The summed E-state index contributed by atoms with van der Waals surface area (Å²) in [5, 5.41) is 6.63. The van der Waals surface area contributed by atoms with Gasteiger partial charge in [-0.25, -0.2) is 4.68 Å². The molecule has 7 heteroatoms. The van der Waals surface area contributed by atoms with Gasteiger partial charge in [-0.2, -0.15) is 5.10 Å². The molecule has 1 amide bonds. The first kappa shape index (κ1) is 17.4. The molecule has 0 atom stereocenters. The van der Waals surface area contributed by atoms with Crippen LogP contribution in [0.25, 0.3) is 11.3 Å². The number of ether oxygens (including phenoxy) is 1. The van der Waals surface area contributed by atoms with Crippen LogP contribution in [-0.2, 0) is 20.9 Å². The first-order valence-electron chi connectivity index (χ1n) is 7.57. The fourth-order valence-corrected chi connectivity index (χ4v) is 2.14. The Bertz CT molecular complexity index is 798. The number of hydrogen-bond donors (Lipinski definition) is 1. The van der Waals surface area contributed by atoms with Gasteiger partial charge in [0.25, 0.3) is 5.56 Å². The average Bonchev–Trinajstić information content (AvgIpc) is 2.56. The lowest BCUT2D eigenvalue weighted by Crippen LogP contribution is -2.36. The van der Waals surface area contributed by atoms with Crippen molar-refractivity contribution < 1.29 is 14.3 Å². The van der Waals surface area contributed by atoms with Crippen LogP contribution in [0.15, 0.2) is 41.2 Å². The molecule has 0 aliphatic heterocycles. The Morgan fingerprint density at radius 3 is 2.67 bits per heavy atom. The van der Waals surface area contributed by atoms with Crippen molar-refractivity contribution in [2.45, 2.75) is 20.4 Å². The van der Waals surface area contributed by atoms with Crippen LogP contribution in [0.5, 0.6) is 0 Å². The van der Waals surface area contributed by atoms with E-state index in [2.05, 4.69) is 10.4 Å². The van der Waals surface area contributed by atoms with Crippen LogP contribution in [0.4, 0.5) is 0 Å². The second kappa shape index (κ2) is 8.05. The molecule has 1 N–H and O–H groups in total. The van der Waals surface area contributed by atoms with E-state index in [-0.39, 0.29) is 19.7 Å². The highest BCUT2D eigenvalue weighted by atomic mass is 16.5. The largest absolute Gasteiger partial charge is 0.465 e. The molecule has 0 saturated carbocycles. The Morgan fingerprint density at radius 1 is 1.21 bits per heavy atom. The average molecular weight is 329 g/mol. The maximum Gasteiger partial charge on any atom is 0.325 e. The SMILES string of the molecule is CCOC(=O)CNC(=O)Cn1nc(-c2ccccc2C)ccc1=O. The Labute approximate surface area is 139 Å². The molecular formula is C17H19N3O4. The van der Waals surface area contributed by atoms with E-state index in [0.717, 1.165) is 15.8 Å². The summed E-state index contributed by atoms with van der Waals surface area (Å²) in [6.07, 6.45) is 0. The highest BCUT2D eigenvalue weighted by molar-refractivity contribution is 5.81. The number of amides is 1. The maximum atomic E-state index is 11.9. The molecule has 1 heterocycles. The van der Waals surface area contributed by atoms with E-state index < -0.39 is 17.4 Å². The third-order valence-electron chi connectivity index (χ3n) is 3.32. The number of nitrogens with zero attached hydrogens (tertiary/aromatic N) is 2. The lowest BCUT2D eigenvalue weighted by molar-refractivity contribution is -0.143. The molecule has 0 fully saturated rings. The molecule has 0 saturated heterocycles. The number of carbonyl (C=O) groups excluding carboxylic acids is 2. The molecule has 0 radical (unpaired) electrons. The van der Waals surface area contributed by atoms with Crippen LogP contribution in [0.1, 0.15) is 12.5 Å². The second-order valence-corrected chi connectivity index (χ2v) is 5.11. The van der Waals surface area contributed by atoms with Crippen LogP contribution in [0.2, 0.25) is 0 Å². The van der Waals surface area contributed by atoms with E-state index in [9.17, 15) is 14.4 Å². The van der Waals surface area contributed by atoms with Gasteiger partial charge in [0.15, 0.2) is 0 Å². The molecule has 1 aromatic carbocycles. The first-order chi connectivity index (χ1) is 11.5. The van der Waals surface area contributed by atoms with Crippen molar-refractivity contribution in [3.8, 4) is 11.3 Å². The summed E-state index contributed by atoms with van der Waals surface area (Å²) in [6, 6.07) is 10.6. The van der Waals surface area contributed by atoms with E-state index in [0.29, 0.717) is 5.69 Å². The van der Waals surface area contributed by atoms with Gasteiger partial charge in [-0.15, -0.1) is 0 Å². The summed E-state index contributed by atoms with van der Waals surface area (Å²) in [5.41, 5.74) is 2.12. The summed E-state index contributed by atoms with van der Waals surface area (Å²) in [4.78, 5) is 35.0. The lowest BCUT2D eigenvalue weighted by Gasteiger charge is -2.09. The highest BCUT2D eigenvalue weighted by Gasteiger charge is 2.10. The minimum atomic E-state index is -0.528. The van der Waals surface area contributed by atoms with Gasteiger partial charge in [-0.1, -0.05) is 24.3 Å². The molecule has 0 spiro atoms. The van der Waals surface area contributed by atoms with Crippen molar-refractivity contribution in [2.75, 3.05) is 13.2 Å². The number of rotatable bonds is 6. The van der Waals surface area contributed by atoms with Gasteiger partial charge in [0.2, 0.25) is 5.91 Å². The Hall–Kier alpha value is -2.96. The molecule has 2 aromatic rings. The van der Waals surface area contributed by atoms with Crippen LogP contribution in [-0.4, -0.2) is 34.8 Å². The Balaban J connectivity index is 2.12. The summed E-state index contributed by atoms with van der Waals surface area (Å²) < 4.78 is 5.79. The smallest absolute Gasteiger partial charge is 0.325 e. The van der Waals surface area contributed by atoms with E-state index in [1.807, 2.05) is 31.2 Å². The number of aromatic nitrogens is 2. The number of benzene rings is 1. The van der Waals surface area contributed by atoms with Crippen molar-refractivity contribution in [3.05, 3.63) is 52.3 Å². The fourth-order valence-electron chi connectivity index (χ4n) is 2.14. The highest BCUT2D eigenvalue weighted by Crippen LogP contribution is 2.19. The van der Waals surface area contributed by atoms with Crippen molar-refractivity contribution in [1.82, 2.24) is 15.1 Å². The van der Waals surface area contributed by atoms with Gasteiger partial charge >= 0.3 is 5.97 Å². The van der Waals surface area contributed by atoms with Crippen molar-refractivity contribution in [2.24, 2.45) is 0 Å². The molecule has 0 bridgehead atoms. The van der Waals surface area contributed by atoms with Gasteiger partial charge in [0, 0.05) is 11.6 Å². The number of hydrogen-bond acceptors (Lipinski definition) is 5. The Morgan fingerprint density at radius 2 is 1.96 bits per heavy atom. The van der Waals surface area contributed by atoms with Gasteiger partial charge in [-0.05, 0) is 25.5 Å². The number of carbonyl (C=O) groups is 2. The second-order valence-electron chi connectivity index (χ2n) is 5.11. The summed E-state index contributed by atoms with van der Waals surface area (Å²) in [5.74, 6) is -1.01. The van der Waals surface area contributed by atoms with Crippen LogP contribution in [0.3, 0.4) is 0 Å². The van der Waals surface area contributed by atoms with Crippen molar-refractivity contribution in [3.63, 3.8) is 0 Å². The first-order valence-corrected chi connectivity index (χ1v) is 7.57. The van der Waals surface area contributed by atoms with Crippen LogP contribution >= 0.6 is 0 Å². The zero-order valence-corrected chi connectivity index (χ0v) is 13.6. The van der Waals surface area contributed by atoms with Crippen molar-refractivity contribution in [1.29, 1.82) is 0 Å². The third-order valence-corrected chi connectivity index (χ3v) is 3.32. The van der Waals surface area contributed by atoms with Gasteiger partial charge in [-0.3, -0.25) is 14.4 Å². The third kappa shape index (κ3) is 4.52. The normalized spacial score (nSPS) is 10.2. The molecule has 126 valence electrons. The van der Waals surface area contributed by atoms with E-state index in [4.69, 9.17) is 4.74 Å². The van der Waals surface area contributed by atoms with Gasteiger partial charge in [0.05, 0.1) is 12.3 Å². The van der Waals surface area contributed by atoms with Gasteiger partial charge in [0.1, 0.15) is 13.1 Å². The summed E-state index contributed by atoms with van der Waals surface area (Å²) in [6.45, 7) is 3.36. The van der Waals surface area contributed by atoms with Crippen molar-refractivity contribution >= 4 is 11.9 Å². The topological polar surface area (TPSA) is 90.3 Å². The van der Waals surface area contributed by atoms with Gasteiger partial charge < -0.3 is 10.1 Å². The summed E-state index contributed by atoms with van der Waals surface area (Å²) >= 11 is 0. The van der Waals surface area contributed by atoms with Crippen LogP contribution < -0.4 is 10.9 Å². The fraction of sp³-hybridized carbons (Fsp3) is 0.294. The quantitative estimate of drug-likeness (QED) is 0.795. The zero-order chi connectivity index (χ0) is 17.5. The predicted octanol–water partition coefficient (Wildman–Crippen LogP) is 0.898. The van der Waals surface area contributed by atoms with E-state index in [1.165, 1.54) is 6.07 Å². The molecule has 0 unspecified atom stereocenters. The number of esters is 1. The standard InChI is InChI=1S/C17H19N3O4/c1-3-24-17(23)10-18-15(21)11-20-16(22)9-8-14(19-20)13-7-5-4-6-12(13)2/h4-9H,3,10-11H2,1-2H3,(H,18,21).